The summed E-state index contributed by atoms with van der Waals surface area (Å²) in [4.78, 5) is 0. The van der Waals surface area contributed by atoms with Crippen LogP contribution in [0.3, 0.4) is 0 Å². The summed E-state index contributed by atoms with van der Waals surface area (Å²) in [5.74, 6) is 0. The Hall–Kier alpha value is -0.560. The van der Waals surface area contributed by atoms with Crippen LogP contribution in [0.15, 0.2) is 5.11 Å². The Balaban J connectivity index is 2.79. The lowest BCUT2D eigenvalue weighted by Gasteiger charge is -2.06. The van der Waals surface area contributed by atoms with Crippen molar-refractivity contribution in [2.75, 3.05) is 39.3 Å². The lowest BCUT2D eigenvalue weighted by molar-refractivity contribution is 0.508. The predicted molar refractivity (Wildman–Crippen MR) is 52.6 cm³/mol. The zero-order valence-electron chi connectivity index (χ0n) is 7.97. The lowest BCUT2D eigenvalue weighted by Crippen LogP contribution is -2.38. The molecule has 0 unspecified atom stereocenters. The first-order chi connectivity index (χ1) is 6.41. The maximum atomic E-state index is 6.54. The molecule has 0 amide bonds. The van der Waals surface area contributed by atoms with Crippen LogP contribution in [-0.2, 0) is 0 Å². The van der Waals surface area contributed by atoms with E-state index in [1.54, 1.807) is 0 Å². The van der Waals surface area contributed by atoms with Crippen molar-refractivity contribution in [3.8, 4) is 0 Å². The first-order valence-corrected chi connectivity index (χ1v) is 4.61. The third kappa shape index (κ3) is 11.4. The Labute approximate surface area is 79.1 Å². The Bertz CT molecular complexity index is 107. The minimum absolute atomic E-state index is 0.556. The van der Waals surface area contributed by atoms with Gasteiger partial charge in [-0.3, -0.25) is 10.9 Å². The minimum Gasteiger partial charge on any atom is -0.330 e. The molecule has 0 fully saturated rings. The summed E-state index contributed by atoms with van der Waals surface area (Å²) >= 11 is 0. The van der Waals surface area contributed by atoms with E-state index in [0.717, 1.165) is 39.1 Å². The fraction of sp³-hybridized carbons (Fsp3) is 1.00. The van der Waals surface area contributed by atoms with Gasteiger partial charge in [-0.1, -0.05) is 0 Å². The van der Waals surface area contributed by atoms with Crippen LogP contribution in [-0.4, -0.2) is 39.3 Å². The molecule has 0 aliphatic rings. The summed E-state index contributed by atoms with van der Waals surface area (Å²) in [5, 5.41) is 6.37. The number of hydrazine groups is 1. The molecule has 0 aromatic rings. The van der Waals surface area contributed by atoms with Gasteiger partial charge >= 0.3 is 0 Å². The molecule has 0 saturated heterocycles. The maximum Gasteiger partial charge on any atom is 0.0721 e. The van der Waals surface area contributed by atoms with Gasteiger partial charge in [0, 0.05) is 26.2 Å². The van der Waals surface area contributed by atoms with Gasteiger partial charge in [0.15, 0.2) is 0 Å². The molecule has 0 aromatic carbocycles. The van der Waals surface area contributed by atoms with Crippen LogP contribution in [0.1, 0.15) is 6.42 Å². The van der Waals surface area contributed by atoms with Crippen molar-refractivity contribution in [2.45, 2.75) is 6.42 Å². The first-order valence-electron chi connectivity index (χ1n) is 4.61. The zero-order valence-corrected chi connectivity index (χ0v) is 7.97. The van der Waals surface area contributed by atoms with Crippen molar-refractivity contribution in [3.05, 3.63) is 0 Å². The first kappa shape index (κ1) is 12.4. The molecule has 0 aromatic heterocycles. The van der Waals surface area contributed by atoms with E-state index in [1.807, 2.05) is 0 Å². The van der Waals surface area contributed by atoms with Gasteiger partial charge in [-0.25, -0.2) is 5.53 Å². The molecule has 0 aliphatic carbocycles. The molecule has 0 heterocycles. The van der Waals surface area contributed by atoms with E-state index < -0.39 is 0 Å². The van der Waals surface area contributed by atoms with Gasteiger partial charge in [0.2, 0.25) is 0 Å². The third-order valence-corrected chi connectivity index (χ3v) is 1.46. The van der Waals surface area contributed by atoms with E-state index in [2.05, 4.69) is 21.3 Å². The summed E-state index contributed by atoms with van der Waals surface area (Å²) in [7, 11) is 0. The monoisotopic (exact) mass is 188 g/mol. The number of hydrogen-bond acceptors (Lipinski definition) is 6. The summed E-state index contributed by atoms with van der Waals surface area (Å²) in [6.45, 7) is 4.69. The molecular formula is C7H20N6. The van der Waals surface area contributed by atoms with E-state index in [1.165, 1.54) is 0 Å². The summed E-state index contributed by atoms with van der Waals surface area (Å²) < 4.78 is 0. The average molecular weight is 188 g/mol. The highest BCUT2D eigenvalue weighted by atomic mass is 15.3. The number of hydrogen-bond donors (Lipinski definition) is 5. The molecule has 78 valence electrons. The highest BCUT2D eigenvalue weighted by molar-refractivity contribution is 4.50. The summed E-state index contributed by atoms with van der Waals surface area (Å²) in [5.41, 5.74) is 18.0. The van der Waals surface area contributed by atoms with Gasteiger partial charge in [0.05, 0.1) is 6.54 Å². The Morgan fingerprint density at radius 1 is 1.08 bits per heavy atom. The second-order valence-electron chi connectivity index (χ2n) is 2.63. The SMILES string of the molecule is N=NCCNCCNNCCCN. The van der Waals surface area contributed by atoms with Gasteiger partial charge in [-0.05, 0) is 13.0 Å². The van der Waals surface area contributed by atoms with Gasteiger partial charge in [-0.15, -0.1) is 0 Å². The smallest absolute Gasteiger partial charge is 0.0721 e. The third-order valence-electron chi connectivity index (χ3n) is 1.46. The van der Waals surface area contributed by atoms with E-state index in [4.69, 9.17) is 11.3 Å². The largest absolute Gasteiger partial charge is 0.330 e. The normalized spacial score (nSPS) is 10.2. The molecule has 0 saturated carbocycles. The van der Waals surface area contributed by atoms with Gasteiger partial charge in [0.1, 0.15) is 0 Å². The number of rotatable bonds is 10. The number of nitrogens with one attached hydrogen (secondary N) is 4. The average Bonchev–Trinajstić information content (AvgIpc) is 2.16. The van der Waals surface area contributed by atoms with E-state index in [-0.39, 0.29) is 0 Å². The molecular weight excluding hydrogens is 168 g/mol. The van der Waals surface area contributed by atoms with E-state index >= 15 is 0 Å². The van der Waals surface area contributed by atoms with Crippen molar-refractivity contribution >= 4 is 0 Å². The number of nitrogens with two attached hydrogens (primary N) is 1. The lowest BCUT2D eigenvalue weighted by atomic mass is 10.4. The topological polar surface area (TPSA) is 98.3 Å². The van der Waals surface area contributed by atoms with Crippen LogP contribution in [0.4, 0.5) is 0 Å². The Morgan fingerprint density at radius 2 is 1.85 bits per heavy atom. The van der Waals surface area contributed by atoms with Crippen LogP contribution in [0.2, 0.25) is 0 Å². The van der Waals surface area contributed by atoms with Crippen molar-refractivity contribution in [1.29, 1.82) is 5.53 Å². The second-order valence-corrected chi connectivity index (χ2v) is 2.63. The standard InChI is InChI=1S/C7H20N6/c8-2-1-3-12-13-7-5-10-4-6-11-9/h9-10,12-13H,1-8H2. The van der Waals surface area contributed by atoms with Crippen molar-refractivity contribution in [1.82, 2.24) is 16.2 Å². The van der Waals surface area contributed by atoms with E-state index in [0.29, 0.717) is 6.54 Å². The van der Waals surface area contributed by atoms with Crippen LogP contribution < -0.4 is 21.9 Å². The van der Waals surface area contributed by atoms with Crippen LogP contribution in [0, 0.1) is 5.53 Å². The highest BCUT2D eigenvalue weighted by Crippen LogP contribution is 1.66. The molecule has 0 rings (SSSR count). The fourth-order valence-electron chi connectivity index (χ4n) is 0.778. The van der Waals surface area contributed by atoms with Crippen LogP contribution in [0.5, 0.6) is 0 Å². The molecule has 6 N–H and O–H groups in total. The molecule has 0 bridgehead atoms. The summed E-state index contributed by atoms with van der Waals surface area (Å²) in [6, 6.07) is 0. The van der Waals surface area contributed by atoms with Crippen LogP contribution >= 0.6 is 0 Å². The summed E-state index contributed by atoms with van der Waals surface area (Å²) in [6.07, 6.45) is 0.984. The molecule has 0 atom stereocenters. The van der Waals surface area contributed by atoms with Gasteiger partial charge in [-0.2, -0.15) is 5.11 Å². The fourth-order valence-corrected chi connectivity index (χ4v) is 0.778. The van der Waals surface area contributed by atoms with Crippen molar-refractivity contribution in [3.63, 3.8) is 0 Å². The van der Waals surface area contributed by atoms with Gasteiger partial charge in [0.25, 0.3) is 0 Å². The van der Waals surface area contributed by atoms with Crippen molar-refractivity contribution < 1.29 is 0 Å². The molecule has 13 heavy (non-hydrogen) atoms. The number of nitrogens with zero attached hydrogens (tertiary/aromatic N) is 1. The molecule has 0 spiro atoms. The van der Waals surface area contributed by atoms with Crippen LogP contribution in [0.25, 0.3) is 0 Å². The molecule has 6 heteroatoms. The minimum atomic E-state index is 0.556. The van der Waals surface area contributed by atoms with Crippen molar-refractivity contribution in [2.24, 2.45) is 10.8 Å². The van der Waals surface area contributed by atoms with E-state index in [9.17, 15) is 0 Å². The van der Waals surface area contributed by atoms with Gasteiger partial charge < -0.3 is 11.1 Å². The molecule has 0 aliphatic heterocycles. The second kappa shape index (κ2) is 11.4. The Morgan fingerprint density at radius 3 is 2.54 bits per heavy atom. The zero-order chi connectivity index (χ0) is 9.78. The molecule has 6 nitrogen and oxygen atoms in total. The predicted octanol–water partition coefficient (Wildman–Crippen LogP) is -0.950. The molecule has 0 radical (unpaired) electrons. The maximum absolute atomic E-state index is 6.54. The highest BCUT2D eigenvalue weighted by Gasteiger charge is 1.86. The quantitative estimate of drug-likeness (QED) is 0.173. The Kier molecular flexibility index (Phi) is 10.9.